The zero-order chi connectivity index (χ0) is 25.9. The lowest BCUT2D eigenvalue weighted by atomic mass is 10.1. The molecule has 2 aliphatic heterocycles. The first-order chi connectivity index (χ1) is 19.2. The molecule has 1 unspecified atom stereocenters. The highest BCUT2D eigenvalue weighted by Gasteiger charge is 2.34. The van der Waals surface area contributed by atoms with Gasteiger partial charge in [-0.15, -0.1) is 5.10 Å². The third kappa shape index (κ3) is 3.71. The third-order valence-electron chi connectivity index (χ3n) is 7.47. The molecule has 0 spiro atoms. The number of aromatic nitrogens is 8. The highest BCUT2D eigenvalue weighted by atomic mass is 16.5. The van der Waals surface area contributed by atoms with Crippen LogP contribution in [-0.2, 0) is 7.05 Å². The summed E-state index contributed by atoms with van der Waals surface area (Å²) in [4.78, 5) is 14.2. The minimum atomic E-state index is 0.252. The van der Waals surface area contributed by atoms with Gasteiger partial charge in [0.2, 0.25) is 0 Å². The van der Waals surface area contributed by atoms with Gasteiger partial charge in [-0.25, -0.2) is 9.97 Å². The average molecular weight is 520 g/mol. The quantitative estimate of drug-likeness (QED) is 0.362. The number of hydrogen-bond donors (Lipinski definition) is 2. The summed E-state index contributed by atoms with van der Waals surface area (Å²) in [5, 5.41) is 20.1. The standard InChI is InChI=1S/C27H25N11O/c1-35-15-25(33-34-35)36-8-9-38-20(13-36)16-39-24-11-19(4-5-23(24)38)30-26-27-28-6-7-37(27)14-22(31-26)17-2-3-18-12-29-32-21(18)10-17/h2-7,10-12,14-15,20H,8-9,13,16H2,1H3,(H,29,32)(H,30,31). The van der Waals surface area contributed by atoms with Crippen molar-refractivity contribution < 1.29 is 4.74 Å². The van der Waals surface area contributed by atoms with Crippen LogP contribution in [0, 0.1) is 0 Å². The van der Waals surface area contributed by atoms with Crippen molar-refractivity contribution in [2.75, 3.05) is 41.4 Å². The number of hydrogen-bond acceptors (Lipinski definition) is 9. The number of piperazine rings is 1. The van der Waals surface area contributed by atoms with Gasteiger partial charge < -0.3 is 24.3 Å². The minimum absolute atomic E-state index is 0.252. The largest absolute Gasteiger partial charge is 0.489 e. The molecule has 0 aliphatic carbocycles. The van der Waals surface area contributed by atoms with Crippen LogP contribution in [-0.4, -0.2) is 71.8 Å². The molecule has 2 aromatic carbocycles. The number of fused-ring (bicyclic) bond motifs is 5. The van der Waals surface area contributed by atoms with Crippen LogP contribution >= 0.6 is 0 Å². The van der Waals surface area contributed by atoms with Crippen LogP contribution in [0.3, 0.4) is 0 Å². The van der Waals surface area contributed by atoms with Gasteiger partial charge in [0.05, 0.1) is 35.3 Å². The highest BCUT2D eigenvalue weighted by molar-refractivity contribution is 5.84. The van der Waals surface area contributed by atoms with Gasteiger partial charge in [0, 0.05) is 68.0 Å². The van der Waals surface area contributed by atoms with Gasteiger partial charge in [-0.05, 0) is 18.2 Å². The van der Waals surface area contributed by atoms with Crippen LogP contribution in [0.25, 0.3) is 27.8 Å². The summed E-state index contributed by atoms with van der Waals surface area (Å²) in [5.74, 6) is 2.45. The molecule has 194 valence electrons. The van der Waals surface area contributed by atoms with Crippen LogP contribution in [0.2, 0.25) is 0 Å². The second kappa shape index (κ2) is 8.45. The number of nitrogens with one attached hydrogen (secondary N) is 2. The van der Waals surface area contributed by atoms with E-state index in [4.69, 9.17) is 9.72 Å². The Morgan fingerprint density at radius 3 is 3.00 bits per heavy atom. The molecule has 0 saturated carbocycles. The van der Waals surface area contributed by atoms with Crippen LogP contribution in [0.1, 0.15) is 0 Å². The van der Waals surface area contributed by atoms with Crippen molar-refractivity contribution in [2.45, 2.75) is 6.04 Å². The smallest absolute Gasteiger partial charge is 0.180 e. The van der Waals surface area contributed by atoms with Crippen molar-refractivity contribution in [3.63, 3.8) is 0 Å². The third-order valence-corrected chi connectivity index (χ3v) is 7.47. The van der Waals surface area contributed by atoms with E-state index in [0.717, 1.165) is 70.4 Å². The van der Waals surface area contributed by atoms with E-state index in [9.17, 15) is 0 Å². The van der Waals surface area contributed by atoms with Crippen LogP contribution < -0.4 is 19.9 Å². The number of rotatable bonds is 4. The summed E-state index contributed by atoms with van der Waals surface area (Å²) in [6, 6.07) is 12.7. The Morgan fingerprint density at radius 1 is 1.10 bits per heavy atom. The summed E-state index contributed by atoms with van der Waals surface area (Å²) in [6.07, 6.45) is 9.47. The average Bonchev–Trinajstić information content (AvgIpc) is 3.73. The van der Waals surface area contributed by atoms with E-state index < -0.39 is 0 Å². The first-order valence-electron chi connectivity index (χ1n) is 12.9. The molecule has 1 saturated heterocycles. The summed E-state index contributed by atoms with van der Waals surface area (Å²) in [5.41, 5.74) is 5.54. The molecule has 2 aliphatic rings. The molecule has 6 aromatic rings. The van der Waals surface area contributed by atoms with E-state index in [1.807, 2.05) is 48.4 Å². The number of nitrogens with zero attached hydrogens (tertiary/aromatic N) is 9. The maximum Gasteiger partial charge on any atom is 0.180 e. The Morgan fingerprint density at radius 2 is 2.08 bits per heavy atom. The van der Waals surface area contributed by atoms with E-state index in [0.29, 0.717) is 12.4 Å². The number of aromatic amines is 1. The van der Waals surface area contributed by atoms with E-state index in [2.05, 4.69) is 64.9 Å². The van der Waals surface area contributed by atoms with E-state index in [-0.39, 0.29) is 6.04 Å². The van der Waals surface area contributed by atoms with Crippen LogP contribution in [0.15, 0.2) is 67.4 Å². The van der Waals surface area contributed by atoms with Gasteiger partial charge in [-0.1, -0.05) is 17.3 Å². The Balaban J connectivity index is 1.07. The maximum atomic E-state index is 6.26. The molecule has 12 nitrogen and oxygen atoms in total. The number of H-pyrrole nitrogens is 1. The monoisotopic (exact) mass is 519 g/mol. The van der Waals surface area contributed by atoms with Crippen LogP contribution in [0.4, 0.5) is 23.0 Å². The van der Waals surface area contributed by atoms with Crippen molar-refractivity contribution in [3.05, 3.63) is 67.4 Å². The molecule has 8 rings (SSSR count). The first kappa shape index (κ1) is 21.9. The molecule has 0 radical (unpaired) electrons. The van der Waals surface area contributed by atoms with Gasteiger partial charge in [0.25, 0.3) is 0 Å². The zero-order valence-corrected chi connectivity index (χ0v) is 21.2. The number of imidazole rings is 1. The Kier molecular flexibility index (Phi) is 4.74. The number of aryl methyl sites for hydroxylation is 1. The SMILES string of the molecule is Cn1cc(N2CCN3c4ccc(Nc5nc(-c6ccc7cn[nH]c7c6)cn6ccnc56)cc4OCC3C2)nn1. The van der Waals surface area contributed by atoms with Gasteiger partial charge in [0.1, 0.15) is 12.4 Å². The topological polar surface area (TPSA) is 117 Å². The fraction of sp³-hybridized carbons (Fsp3) is 0.222. The van der Waals surface area contributed by atoms with Crippen molar-refractivity contribution in [3.8, 4) is 17.0 Å². The molecule has 6 heterocycles. The van der Waals surface area contributed by atoms with Crippen molar-refractivity contribution in [1.29, 1.82) is 0 Å². The van der Waals surface area contributed by atoms with Crippen molar-refractivity contribution >= 4 is 39.6 Å². The van der Waals surface area contributed by atoms with Crippen LogP contribution in [0.5, 0.6) is 5.75 Å². The van der Waals surface area contributed by atoms with Gasteiger partial charge >= 0.3 is 0 Å². The number of ether oxygens (including phenoxy) is 1. The molecule has 39 heavy (non-hydrogen) atoms. The lowest BCUT2D eigenvalue weighted by Gasteiger charge is -2.45. The molecule has 1 fully saturated rings. The summed E-state index contributed by atoms with van der Waals surface area (Å²) in [7, 11) is 1.89. The molecule has 1 atom stereocenters. The molecular weight excluding hydrogens is 494 g/mol. The molecule has 2 N–H and O–H groups in total. The van der Waals surface area contributed by atoms with E-state index >= 15 is 0 Å². The molecule has 12 heteroatoms. The summed E-state index contributed by atoms with van der Waals surface area (Å²) in [6.45, 7) is 3.23. The second-order valence-corrected chi connectivity index (χ2v) is 9.97. The van der Waals surface area contributed by atoms with E-state index in [1.165, 1.54) is 0 Å². The maximum absolute atomic E-state index is 6.26. The molecule has 0 amide bonds. The van der Waals surface area contributed by atoms with Crippen molar-refractivity contribution in [1.82, 2.24) is 39.6 Å². The first-order valence-corrected chi connectivity index (χ1v) is 12.9. The Bertz CT molecular complexity index is 1840. The fourth-order valence-corrected chi connectivity index (χ4v) is 5.52. The zero-order valence-electron chi connectivity index (χ0n) is 21.2. The lowest BCUT2D eigenvalue weighted by molar-refractivity contribution is 0.254. The minimum Gasteiger partial charge on any atom is -0.489 e. The Labute approximate surface area is 222 Å². The predicted molar refractivity (Wildman–Crippen MR) is 148 cm³/mol. The van der Waals surface area contributed by atoms with Gasteiger partial charge in [-0.3, -0.25) is 9.78 Å². The van der Waals surface area contributed by atoms with E-state index in [1.54, 1.807) is 10.9 Å². The summed E-state index contributed by atoms with van der Waals surface area (Å²) < 4.78 is 9.98. The predicted octanol–water partition coefficient (Wildman–Crippen LogP) is 3.23. The number of benzene rings is 2. The Hall–Kier alpha value is -5.13. The lowest BCUT2D eigenvalue weighted by Crippen LogP contribution is -2.57. The normalized spacial score (nSPS) is 16.8. The molecule has 4 aromatic heterocycles. The molecule has 0 bridgehead atoms. The van der Waals surface area contributed by atoms with Gasteiger partial charge in [0.15, 0.2) is 17.3 Å². The fourth-order valence-electron chi connectivity index (χ4n) is 5.52. The number of anilines is 4. The summed E-state index contributed by atoms with van der Waals surface area (Å²) >= 11 is 0. The second-order valence-electron chi connectivity index (χ2n) is 9.97. The molecular formula is C27H25N11O. The van der Waals surface area contributed by atoms with Gasteiger partial charge in [-0.2, -0.15) is 5.10 Å². The highest BCUT2D eigenvalue weighted by Crippen LogP contribution is 2.38. The van der Waals surface area contributed by atoms with Crippen molar-refractivity contribution in [2.24, 2.45) is 7.05 Å².